The van der Waals surface area contributed by atoms with Crippen LogP contribution in [0.2, 0.25) is 0 Å². The van der Waals surface area contributed by atoms with Crippen molar-refractivity contribution in [1.29, 1.82) is 0 Å². The summed E-state index contributed by atoms with van der Waals surface area (Å²) >= 11 is 0. The van der Waals surface area contributed by atoms with E-state index in [2.05, 4.69) is 27.0 Å². The highest BCUT2D eigenvalue weighted by molar-refractivity contribution is 5.21. The van der Waals surface area contributed by atoms with Crippen LogP contribution in [0.5, 0.6) is 0 Å². The van der Waals surface area contributed by atoms with Crippen LogP contribution in [-0.2, 0) is 13.0 Å². The fraction of sp³-hybridized carbons (Fsp3) is 0.750. The summed E-state index contributed by atoms with van der Waals surface area (Å²) in [5.74, 6) is 0. The zero-order valence-electron chi connectivity index (χ0n) is 10.3. The molecule has 3 heterocycles. The maximum Gasteiger partial charge on any atom is 0.267 e. The number of aromatic nitrogens is 2. The molecule has 0 saturated carbocycles. The quantitative estimate of drug-likeness (QED) is 0.726. The van der Waals surface area contributed by atoms with Crippen molar-refractivity contribution in [3.8, 4) is 0 Å². The Morgan fingerprint density at radius 1 is 1.29 bits per heavy atom. The maximum atomic E-state index is 11.9. The third-order valence-corrected chi connectivity index (χ3v) is 4.03. The highest BCUT2D eigenvalue weighted by atomic mass is 16.1. The number of piperidine rings is 1. The van der Waals surface area contributed by atoms with E-state index < -0.39 is 0 Å². The van der Waals surface area contributed by atoms with Gasteiger partial charge in [-0.1, -0.05) is 0 Å². The maximum absolute atomic E-state index is 11.9. The molecule has 1 aromatic rings. The van der Waals surface area contributed by atoms with E-state index in [1.165, 1.54) is 5.69 Å². The Bertz CT molecular complexity index is 454. The molecule has 3 rings (SSSR count). The number of H-pyrrole nitrogens is 1. The average Bonchev–Trinajstić information content (AvgIpc) is 2.69. The van der Waals surface area contributed by atoms with Crippen molar-refractivity contribution < 1.29 is 0 Å². The van der Waals surface area contributed by atoms with E-state index in [1.807, 2.05) is 0 Å². The molecule has 94 valence electrons. The zero-order valence-corrected chi connectivity index (χ0v) is 10.3. The Morgan fingerprint density at radius 3 is 2.82 bits per heavy atom. The summed E-state index contributed by atoms with van der Waals surface area (Å²) in [6.07, 6.45) is 3.13. The van der Waals surface area contributed by atoms with E-state index in [0.29, 0.717) is 6.04 Å². The van der Waals surface area contributed by atoms with Gasteiger partial charge in [0.1, 0.15) is 0 Å². The van der Waals surface area contributed by atoms with Gasteiger partial charge in [-0.05, 0) is 45.9 Å². The lowest BCUT2D eigenvalue weighted by Crippen LogP contribution is -2.33. The smallest absolute Gasteiger partial charge is 0.267 e. The molecule has 5 heteroatoms. The lowest BCUT2D eigenvalue weighted by Gasteiger charge is -2.31. The molecular formula is C12H20N4O. The first-order valence-electron chi connectivity index (χ1n) is 6.47. The normalized spacial score (nSPS) is 22.6. The molecule has 0 radical (unpaired) electrons. The minimum atomic E-state index is 0.125. The average molecular weight is 236 g/mol. The van der Waals surface area contributed by atoms with Crippen molar-refractivity contribution in [2.75, 3.05) is 26.7 Å². The molecule has 1 saturated heterocycles. The van der Waals surface area contributed by atoms with Crippen molar-refractivity contribution >= 4 is 0 Å². The third-order valence-electron chi connectivity index (χ3n) is 4.03. The second kappa shape index (κ2) is 4.31. The van der Waals surface area contributed by atoms with Gasteiger partial charge >= 0.3 is 0 Å². The van der Waals surface area contributed by atoms with Gasteiger partial charge in [-0.3, -0.25) is 14.6 Å². The van der Waals surface area contributed by atoms with Gasteiger partial charge in [-0.15, -0.1) is 0 Å². The Hall–Kier alpha value is -1.07. The van der Waals surface area contributed by atoms with E-state index in [-0.39, 0.29) is 5.56 Å². The number of hydrogen-bond donors (Lipinski definition) is 2. The Kier molecular flexibility index (Phi) is 2.80. The second-order valence-electron chi connectivity index (χ2n) is 5.20. The van der Waals surface area contributed by atoms with Crippen LogP contribution in [0.15, 0.2) is 4.79 Å². The molecule has 1 fully saturated rings. The lowest BCUT2D eigenvalue weighted by molar-refractivity contribution is 0.208. The molecule has 0 atom stereocenters. The summed E-state index contributed by atoms with van der Waals surface area (Å²) in [6, 6.07) is 0.475. The predicted molar refractivity (Wildman–Crippen MR) is 66.2 cm³/mol. The monoisotopic (exact) mass is 236 g/mol. The molecule has 0 bridgehead atoms. The van der Waals surface area contributed by atoms with Gasteiger partial charge in [0.15, 0.2) is 0 Å². The van der Waals surface area contributed by atoms with Crippen molar-refractivity contribution in [3.05, 3.63) is 21.6 Å². The van der Waals surface area contributed by atoms with Gasteiger partial charge in [0, 0.05) is 12.1 Å². The van der Waals surface area contributed by atoms with Gasteiger partial charge in [0.25, 0.3) is 5.56 Å². The summed E-state index contributed by atoms with van der Waals surface area (Å²) in [5, 5.41) is 6.39. The van der Waals surface area contributed by atoms with Crippen LogP contribution in [-0.4, -0.2) is 41.4 Å². The third kappa shape index (κ3) is 1.93. The Balaban J connectivity index is 1.90. The van der Waals surface area contributed by atoms with Crippen LogP contribution in [0.1, 0.15) is 30.1 Å². The van der Waals surface area contributed by atoms with Crippen LogP contribution >= 0.6 is 0 Å². The van der Waals surface area contributed by atoms with Crippen LogP contribution in [0, 0.1) is 0 Å². The highest BCUT2D eigenvalue weighted by Gasteiger charge is 2.25. The predicted octanol–water partition coefficient (Wildman–Crippen LogP) is 0.0888. The molecule has 0 spiro atoms. The van der Waals surface area contributed by atoms with E-state index in [1.54, 1.807) is 0 Å². The molecular weight excluding hydrogens is 216 g/mol. The minimum Gasteiger partial charge on any atom is -0.311 e. The largest absolute Gasteiger partial charge is 0.311 e. The van der Waals surface area contributed by atoms with E-state index in [4.69, 9.17) is 0 Å². The topological polar surface area (TPSA) is 53.1 Å². The van der Waals surface area contributed by atoms with Crippen molar-refractivity contribution in [1.82, 2.24) is 20.0 Å². The first-order valence-corrected chi connectivity index (χ1v) is 6.47. The van der Waals surface area contributed by atoms with Crippen LogP contribution < -0.4 is 10.9 Å². The highest BCUT2D eigenvalue weighted by Crippen LogP contribution is 2.23. The summed E-state index contributed by atoms with van der Waals surface area (Å²) in [7, 11) is 2.16. The van der Waals surface area contributed by atoms with Gasteiger partial charge < -0.3 is 10.2 Å². The molecule has 5 nitrogen and oxygen atoms in total. The summed E-state index contributed by atoms with van der Waals surface area (Å²) < 4.78 is 2.14. The molecule has 17 heavy (non-hydrogen) atoms. The van der Waals surface area contributed by atoms with E-state index in [9.17, 15) is 4.79 Å². The molecule has 1 aromatic heterocycles. The number of aromatic amines is 1. The lowest BCUT2D eigenvalue weighted by atomic mass is 10.0. The molecule has 0 aromatic carbocycles. The molecule has 0 aliphatic carbocycles. The van der Waals surface area contributed by atoms with Crippen molar-refractivity contribution in [2.45, 2.75) is 31.8 Å². The number of hydrogen-bond acceptors (Lipinski definition) is 3. The number of fused-ring (bicyclic) bond motifs is 1. The molecule has 2 aliphatic rings. The van der Waals surface area contributed by atoms with Crippen molar-refractivity contribution in [3.63, 3.8) is 0 Å². The molecule has 2 aliphatic heterocycles. The van der Waals surface area contributed by atoms with Gasteiger partial charge in [0.2, 0.25) is 0 Å². The molecule has 2 N–H and O–H groups in total. The Morgan fingerprint density at radius 2 is 2.06 bits per heavy atom. The number of nitrogens with one attached hydrogen (secondary N) is 2. The van der Waals surface area contributed by atoms with Crippen molar-refractivity contribution in [2.24, 2.45) is 0 Å². The summed E-state index contributed by atoms with van der Waals surface area (Å²) in [5.41, 5.74) is 2.32. The summed E-state index contributed by atoms with van der Waals surface area (Å²) in [6.45, 7) is 3.99. The fourth-order valence-corrected chi connectivity index (χ4v) is 2.96. The van der Waals surface area contributed by atoms with Gasteiger partial charge in [-0.2, -0.15) is 0 Å². The van der Waals surface area contributed by atoms with Crippen LogP contribution in [0.25, 0.3) is 0 Å². The number of rotatable bonds is 1. The number of nitrogens with zero attached hydrogens (tertiary/aromatic N) is 2. The standard InChI is InChI=1S/C12H20N4O/c1-15-6-3-9(4-7-15)16-11-8-13-5-2-10(11)12(17)14-16/h9,13H,2-8H2,1H3,(H,14,17). The summed E-state index contributed by atoms with van der Waals surface area (Å²) in [4.78, 5) is 14.2. The van der Waals surface area contributed by atoms with E-state index >= 15 is 0 Å². The first kappa shape index (κ1) is 11.0. The fourth-order valence-electron chi connectivity index (χ4n) is 2.96. The second-order valence-corrected chi connectivity index (χ2v) is 5.20. The Labute approximate surface area is 101 Å². The number of likely N-dealkylation sites (tertiary alicyclic amines) is 1. The zero-order chi connectivity index (χ0) is 11.8. The van der Waals surface area contributed by atoms with Crippen LogP contribution in [0.3, 0.4) is 0 Å². The SMILES string of the molecule is CN1CCC(n2[nH]c(=O)c3c2CNCC3)CC1. The molecule has 0 amide bonds. The minimum absolute atomic E-state index is 0.125. The molecule has 0 unspecified atom stereocenters. The van der Waals surface area contributed by atoms with Crippen LogP contribution in [0.4, 0.5) is 0 Å². The van der Waals surface area contributed by atoms with E-state index in [0.717, 1.165) is 51.0 Å². The first-order chi connectivity index (χ1) is 8.25. The van der Waals surface area contributed by atoms with Gasteiger partial charge in [0.05, 0.1) is 11.7 Å². The van der Waals surface area contributed by atoms with Gasteiger partial charge in [-0.25, -0.2) is 0 Å².